The molecular weight excluding hydrogens is 389 g/mol. The summed E-state index contributed by atoms with van der Waals surface area (Å²) in [5.41, 5.74) is 0.651. The molecule has 0 radical (unpaired) electrons. The number of hydrogen-bond donors (Lipinski definition) is 2. The van der Waals surface area contributed by atoms with Crippen LogP contribution in [0.1, 0.15) is 48.3 Å². The smallest absolute Gasteiger partial charge is 0.410 e. The van der Waals surface area contributed by atoms with E-state index in [0.717, 1.165) is 10.9 Å². The van der Waals surface area contributed by atoms with Crippen LogP contribution in [0.5, 0.6) is 11.5 Å². The van der Waals surface area contributed by atoms with E-state index < -0.39 is 24.2 Å². The number of carbonyl (C=O) groups excluding carboxylic acids is 1. The van der Waals surface area contributed by atoms with Gasteiger partial charge in [-0.05, 0) is 31.5 Å². The van der Waals surface area contributed by atoms with E-state index in [4.69, 9.17) is 9.47 Å². The van der Waals surface area contributed by atoms with Gasteiger partial charge >= 0.3 is 6.18 Å². The summed E-state index contributed by atoms with van der Waals surface area (Å²) in [5.74, 6) is 0.438. The maximum Gasteiger partial charge on any atom is 0.410 e. The van der Waals surface area contributed by atoms with Crippen LogP contribution in [0.3, 0.4) is 0 Å². The molecule has 7 nitrogen and oxygen atoms in total. The third kappa shape index (κ3) is 4.10. The number of nitrogens with zero attached hydrogens (tertiary/aromatic N) is 2. The first-order valence-corrected chi connectivity index (χ1v) is 9.09. The second kappa shape index (κ2) is 7.84. The van der Waals surface area contributed by atoms with E-state index >= 15 is 0 Å². The number of carbonyl (C=O) groups is 1. The lowest BCUT2D eigenvalue weighted by Gasteiger charge is -2.34. The van der Waals surface area contributed by atoms with Gasteiger partial charge in [-0.2, -0.15) is 18.3 Å². The molecule has 1 aromatic carbocycles. The Morgan fingerprint density at radius 1 is 1.28 bits per heavy atom. The Kier molecular flexibility index (Phi) is 5.63. The first-order chi connectivity index (χ1) is 13.7. The molecule has 0 bridgehead atoms. The Hall–Kier alpha value is -2.91. The van der Waals surface area contributed by atoms with Gasteiger partial charge in [0.2, 0.25) is 0 Å². The lowest BCUT2D eigenvalue weighted by atomic mass is 9.96. The molecule has 1 aliphatic rings. The molecular formula is C19H23F3N4O3. The minimum absolute atomic E-state index is 0.0384. The van der Waals surface area contributed by atoms with Crippen molar-refractivity contribution in [1.82, 2.24) is 15.1 Å². The summed E-state index contributed by atoms with van der Waals surface area (Å²) >= 11 is 0. The Morgan fingerprint density at radius 3 is 2.55 bits per heavy atom. The molecule has 2 atom stereocenters. The number of alkyl halides is 3. The quantitative estimate of drug-likeness (QED) is 0.783. The number of nitrogens with one attached hydrogen (secondary N) is 2. The SMILES string of the molecule is COc1ccc(C2CC(C(F)(F)F)n3ncc(C(=O)NC(C)C)c3N2)cc1OC. The van der Waals surface area contributed by atoms with Crippen molar-refractivity contribution in [2.24, 2.45) is 0 Å². The summed E-state index contributed by atoms with van der Waals surface area (Å²) in [6, 6.07) is 2.21. The summed E-state index contributed by atoms with van der Waals surface area (Å²) in [6.07, 6.45) is -3.64. The van der Waals surface area contributed by atoms with Crippen LogP contribution in [0.25, 0.3) is 0 Å². The van der Waals surface area contributed by atoms with E-state index in [2.05, 4.69) is 15.7 Å². The average Bonchev–Trinajstić information content (AvgIpc) is 3.09. The molecule has 2 heterocycles. The summed E-state index contributed by atoms with van der Waals surface area (Å²) in [4.78, 5) is 12.4. The van der Waals surface area contributed by atoms with Crippen LogP contribution in [0.15, 0.2) is 24.4 Å². The Labute approximate surface area is 166 Å². The van der Waals surface area contributed by atoms with E-state index in [1.807, 2.05) is 0 Å². The highest BCUT2D eigenvalue weighted by Gasteiger charge is 2.47. The first-order valence-electron chi connectivity index (χ1n) is 9.09. The maximum absolute atomic E-state index is 13.8. The number of amides is 1. The number of benzene rings is 1. The van der Waals surface area contributed by atoms with Crippen molar-refractivity contribution in [3.05, 3.63) is 35.5 Å². The van der Waals surface area contributed by atoms with Crippen LogP contribution >= 0.6 is 0 Å². The van der Waals surface area contributed by atoms with Crippen molar-refractivity contribution in [2.75, 3.05) is 19.5 Å². The lowest BCUT2D eigenvalue weighted by Crippen LogP contribution is -2.37. The van der Waals surface area contributed by atoms with E-state index in [0.29, 0.717) is 17.1 Å². The van der Waals surface area contributed by atoms with Crippen LogP contribution < -0.4 is 20.1 Å². The highest BCUT2D eigenvalue weighted by molar-refractivity contribution is 5.99. The van der Waals surface area contributed by atoms with E-state index in [1.54, 1.807) is 32.0 Å². The first kappa shape index (κ1) is 20.8. The largest absolute Gasteiger partial charge is 0.493 e. The zero-order valence-corrected chi connectivity index (χ0v) is 16.5. The summed E-state index contributed by atoms with van der Waals surface area (Å²) < 4.78 is 52.6. The molecule has 0 fully saturated rings. The molecule has 0 aliphatic carbocycles. The summed E-state index contributed by atoms with van der Waals surface area (Å²) in [5, 5.41) is 9.59. The van der Waals surface area contributed by atoms with E-state index in [1.165, 1.54) is 14.2 Å². The predicted molar refractivity (Wildman–Crippen MR) is 100 cm³/mol. The van der Waals surface area contributed by atoms with Crippen LogP contribution in [0.4, 0.5) is 19.0 Å². The predicted octanol–water partition coefficient (Wildman–Crippen LogP) is 3.70. The highest BCUT2D eigenvalue weighted by atomic mass is 19.4. The molecule has 29 heavy (non-hydrogen) atoms. The van der Waals surface area contributed by atoms with Crippen LogP contribution in [-0.2, 0) is 0 Å². The van der Waals surface area contributed by atoms with Gasteiger partial charge in [-0.25, -0.2) is 4.68 Å². The number of ether oxygens (including phenoxy) is 2. The van der Waals surface area contributed by atoms with Crippen molar-refractivity contribution < 1.29 is 27.4 Å². The molecule has 2 N–H and O–H groups in total. The number of aromatic nitrogens is 2. The maximum atomic E-state index is 13.8. The molecule has 1 amide bonds. The molecule has 158 valence electrons. The van der Waals surface area contributed by atoms with Crippen molar-refractivity contribution in [1.29, 1.82) is 0 Å². The molecule has 10 heteroatoms. The van der Waals surface area contributed by atoms with Crippen molar-refractivity contribution >= 4 is 11.7 Å². The molecule has 2 aromatic rings. The molecule has 0 saturated carbocycles. The van der Waals surface area contributed by atoms with Gasteiger partial charge in [0, 0.05) is 12.5 Å². The third-order valence-corrected chi connectivity index (χ3v) is 4.71. The topological polar surface area (TPSA) is 77.4 Å². The second-order valence-corrected chi connectivity index (χ2v) is 7.08. The van der Waals surface area contributed by atoms with E-state index in [9.17, 15) is 18.0 Å². The van der Waals surface area contributed by atoms with Gasteiger partial charge in [-0.1, -0.05) is 6.07 Å². The fraction of sp³-hybridized carbons (Fsp3) is 0.474. The van der Waals surface area contributed by atoms with Crippen LogP contribution in [0.2, 0.25) is 0 Å². The van der Waals surface area contributed by atoms with Gasteiger partial charge in [0.25, 0.3) is 5.91 Å². The Bertz CT molecular complexity index is 895. The zero-order valence-electron chi connectivity index (χ0n) is 16.5. The van der Waals surface area contributed by atoms with Crippen LogP contribution in [0, 0.1) is 0 Å². The van der Waals surface area contributed by atoms with Gasteiger partial charge in [0.1, 0.15) is 11.4 Å². The molecule has 1 aromatic heterocycles. The number of hydrogen-bond acceptors (Lipinski definition) is 5. The Balaban J connectivity index is 2.03. The van der Waals surface area contributed by atoms with Crippen molar-refractivity contribution in [3.63, 3.8) is 0 Å². The van der Waals surface area contributed by atoms with Gasteiger partial charge in [-0.3, -0.25) is 4.79 Å². The number of rotatable bonds is 5. The fourth-order valence-electron chi connectivity index (χ4n) is 3.36. The second-order valence-electron chi connectivity index (χ2n) is 7.08. The molecule has 1 aliphatic heterocycles. The van der Waals surface area contributed by atoms with Gasteiger partial charge < -0.3 is 20.1 Å². The minimum Gasteiger partial charge on any atom is -0.493 e. The molecule has 0 spiro atoms. The lowest BCUT2D eigenvalue weighted by molar-refractivity contribution is -0.173. The molecule has 2 unspecified atom stereocenters. The normalized spacial score (nSPS) is 18.8. The van der Waals surface area contributed by atoms with Crippen molar-refractivity contribution in [2.45, 2.75) is 44.6 Å². The number of anilines is 1. The number of methoxy groups -OCH3 is 2. The summed E-state index contributed by atoms with van der Waals surface area (Å²) in [6.45, 7) is 3.54. The Morgan fingerprint density at radius 2 is 1.97 bits per heavy atom. The van der Waals surface area contributed by atoms with Gasteiger partial charge in [0.15, 0.2) is 17.5 Å². The molecule has 0 saturated heterocycles. The van der Waals surface area contributed by atoms with Gasteiger partial charge in [-0.15, -0.1) is 0 Å². The van der Waals surface area contributed by atoms with Crippen molar-refractivity contribution in [3.8, 4) is 11.5 Å². The molecule has 3 rings (SSSR count). The highest BCUT2D eigenvalue weighted by Crippen LogP contribution is 2.45. The van der Waals surface area contributed by atoms with Gasteiger partial charge in [0.05, 0.1) is 26.5 Å². The number of halogens is 3. The fourth-order valence-corrected chi connectivity index (χ4v) is 3.36. The zero-order chi connectivity index (χ0) is 21.3. The third-order valence-electron chi connectivity index (χ3n) is 4.71. The number of fused-ring (bicyclic) bond motifs is 1. The summed E-state index contributed by atoms with van der Waals surface area (Å²) in [7, 11) is 2.94. The van der Waals surface area contributed by atoms with E-state index in [-0.39, 0.29) is 23.8 Å². The minimum atomic E-state index is -4.52. The monoisotopic (exact) mass is 412 g/mol. The average molecular weight is 412 g/mol. The standard InChI is InChI=1S/C19H23F3N4O3/c1-10(2)24-18(27)12-9-23-26-16(19(20,21)22)8-13(25-17(12)26)11-5-6-14(28-3)15(7-11)29-4/h5-7,9-10,13,16,25H,8H2,1-4H3,(H,24,27). The van der Waals surface area contributed by atoms with Crippen LogP contribution in [-0.4, -0.2) is 42.1 Å².